The third-order valence-corrected chi connectivity index (χ3v) is 3.66. The Labute approximate surface area is 137 Å². The van der Waals surface area contributed by atoms with E-state index in [0.717, 1.165) is 11.3 Å². The SMILES string of the molecule is O=C(O)NC(C(=O)Nc1ccc2c(c1)CC(=O)N2)c1ccccc1. The quantitative estimate of drug-likeness (QED) is 0.690. The van der Waals surface area contributed by atoms with Crippen molar-refractivity contribution in [3.8, 4) is 0 Å². The predicted molar refractivity (Wildman–Crippen MR) is 87.7 cm³/mol. The number of benzene rings is 2. The molecule has 0 saturated carbocycles. The predicted octanol–water partition coefficient (Wildman–Crippen LogP) is 2.13. The van der Waals surface area contributed by atoms with Gasteiger partial charge in [-0.25, -0.2) is 4.79 Å². The Morgan fingerprint density at radius 3 is 2.58 bits per heavy atom. The third kappa shape index (κ3) is 3.35. The van der Waals surface area contributed by atoms with Gasteiger partial charge in [-0.15, -0.1) is 0 Å². The fraction of sp³-hybridized carbons (Fsp3) is 0.118. The van der Waals surface area contributed by atoms with E-state index in [0.29, 0.717) is 11.3 Å². The minimum atomic E-state index is -1.29. The Morgan fingerprint density at radius 2 is 1.88 bits per heavy atom. The molecule has 0 aliphatic carbocycles. The number of amides is 3. The van der Waals surface area contributed by atoms with Crippen molar-refractivity contribution in [2.45, 2.75) is 12.5 Å². The molecule has 1 aliphatic heterocycles. The summed E-state index contributed by atoms with van der Waals surface area (Å²) in [5.74, 6) is -0.594. The molecule has 0 bridgehead atoms. The zero-order valence-electron chi connectivity index (χ0n) is 12.6. The second-order valence-electron chi connectivity index (χ2n) is 5.38. The maximum atomic E-state index is 12.5. The lowest BCUT2D eigenvalue weighted by atomic mass is 10.1. The molecule has 1 heterocycles. The molecule has 2 aromatic rings. The van der Waals surface area contributed by atoms with Gasteiger partial charge in [-0.3, -0.25) is 9.59 Å². The van der Waals surface area contributed by atoms with Crippen LogP contribution in [0.1, 0.15) is 17.2 Å². The lowest BCUT2D eigenvalue weighted by Gasteiger charge is -2.17. The average molecular weight is 325 g/mol. The second-order valence-corrected chi connectivity index (χ2v) is 5.38. The molecule has 24 heavy (non-hydrogen) atoms. The molecule has 7 heteroatoms. The second kappa shape index (κ2) is 6.41. The smallest absolute Gasteiger partial charge is 0.405 e. The normalized spacial score (nSPS) is 13.6. The first-order chi connectivity index (χ1) is 11.5. The summed E-state index contributed by atoms with van der Waals surface area (Å²) < 4.78 is 0. The summed E-state index contributed by atoms with van der Waals surface area (Å²) in [5.41, 5.74) is 2.56. The van der Waals surface area contributed by atoms with Crippen molar-refractivity contribution in [2.24, 2.45) is 0 Å². The molecule has 0 radical (unpaired) electrons. The first-order valence-corrected chi connectivity index (χ1v) is 7.31. The summed E-state index contributed by atoms with van der Waals surface area (Å²) >= 11 is 0. The zero-order valence-corrected chi connectivity index (χ0v) is 12.6. The van der Waals surface area contributed by atoms with E-state index in [1.54, 1.807) is 48.5 Å². The Hall–Kier alpha value is -3.35. The lowest BCUT2D eigenvalue weighted by molar-refractivity contribution is -0.118. The van der Waals surface area contributed by atoms with Gasteiger partial charge in [0.05, 0.1) is 6.42 Å². The van der Waals surface area contributed by atoms with E-state index >= 15 is 0 Å². The molecular weight excluding hydrogens is 310 g/mol. The minimum Gasteiger partial charge on any atom is -0.465 e. The van der Waals surface area contributed by atoms with Gasteiger partial charge in [0.15, 0.2) is 0 Å². The lowest BCUT2D eigenvalue weighted by Crippen LogP contribution is -2.36. The number of anilines is 2. The number of rotatable bonds is 4. The average Bonchev–Trinajstić information content (AvgIpc) is 2.92. The standard InChI is InChI=1S/C17H15N3O4/c21-14-9-11-8-12(6-7-13(11)19-14)18-16(22)15(20-17(23)24)10-4-2-1-3-5-10/h1-8,15,20H,9H2,(H,18,22)(H,19,21)(H,23,24). The molecule has 0 spiro atoms. The van der Waals surface area contributed by atoms with Gasteiger partial charge in [0.25, 0.3) is 5.91 Å². The molecule has 2 aromatic carbocycles. The van der Waals surface area contributed by atoms with Crippen molar-refractivity contribution in [1.82, 2.24) is 5.32 Å². The van der Waals surface area contributed by atoms with Crippen molar-refractivity contribution >= 4 is 29.3 Å². The third-order valence-electron chi connectivity index (χ3n) is 3.66. The van der Waals surface area contributed by atoms with Gasteiger partial charge < -0.3 is 21.1 Å². The van der Waals surface area contributed by atoms with E-state index < -0.39 is 18.0 Å². The van der Waals surface area contributed by atoms with Gasteiger partial charge in [-0.2, -0.15) is 0 Å². The van der Waals surface area contributed by atoms with Crippen molar-refractivity contribution < 1.29 is 19.5 Å². The number of fused-ring (bicyclic) bond motifs is 1. The number of carboxylic acid groups (broad SMARTS) is 1. The molecule has 7 nitrogen and oxygen atoms in total. The summed E-state index contributed by atoms with van der Waals surface area (Å²) in [4.78, 5) is 34.9. The Bertz CT molecular complexity index is 805. The van der Waals surface area contributed by atoms with Gasteiger partial charge in [0, 0.05) is 11.4 Å². The van der Waals surface area contributed by atoms with E-state index in [9.17, 15) is 14.4 Å². The van der Waals surface area contributed by atoms with Crippen LogP contribution in [0, 0.1) is 0 Å². The van der Waals surface area contributed by atoms with Crippen LogP contribution in [0.5, 0.6) is 0 Å². The summed E-state index contributed by atoms with van der Waals surface area (Å²) in [6.07, 6.45) is -1.03. The van der Waals surface area contributed by atoms with E-state index in [4.69, 9.17) is 5.11 Å². The molecule has 0 fully saturated rings. The molecule has 3 rings (SSSR count). The molecule has 1 aliphatic rings. The van der Waals surface area contributed by atoms with Crippen LogP contribution < -0.4 is 16.0 Å². The maximum absolute atomic E-state index is 12.5. The van der Waals surface area contributed by atoms with Crippen LogP contribution in [0.15, 0.2) is 48.5 Å². The van der Waals surface area contributed by atoms with Crippen molar-refractivity contribution in [2.75, 3.05) is 10.6 Å². The number of carbonyl (C=O) groups excluding carboxylic acids is 2. The van der Waals surface area contributed by atoms with Gasteiger partial charge in [0.2, 0.25) is 5.91 Å². The largest absolute Gasteiger partial charge is 0.465 e. The summed E-state index contributed by atoms with van der Waals surface area (Å²) in [7, 11) is 0. The fourth-order valence-corrected chi connectivity index (χ4v) is 2.59. The highest BCUT2D eigenvalue weighted by atomic mass is 16.4. The number of hydrogen-bond acceptors (Lipinski definition) is 3. The topological polar surface area (TPSA) is 108 Å². The molecular formula is C17H15N3O4. The van der Waals surface area contributed by atoms with Gasteiger partial charge in [-0.1, -0.05) is 30.3 Å². The van der Waals surface area contributed by atoms with Crippen molar-refractivity contribution in [3.05, 3.63) is 59.7 Å². The molecule has 3 amide bonds. The van der Waals surface area contributed by atoms with Gasteiger partial charge in [-0.05, 0) is 29.3 Å². The molecule has 0 aromatic heterocycles. The van der Waals surface area contributed by atoms with Crippen LogP contribution in [0.25, 0.3) is 0 Å². The summed E-state index contributed by atoms with van der Waals surface area (Å²) in [6.45, 7) is 0. The summed E-state index contributed by atoms with van der Waals surface area (Å²) in [5, 5.41) is 16.6. The van der Waals surface area contributed by atoms with Crippen LogP contribution in [0.3, 0.4) is 0 Å². The molecule has 4 N–H and O–H groups in total. The van der Waals surface area contributed by atoms with Crippen LogP contribution in [-0.4, -0.2) is 23.0 Å². The maximum Gasteiger partial charge on any atom is 0.405 e. The van der Waals surface area contributed by atoms with E-state index in [-0.39, 0.29) is 12.3 Å². The van der Waals surface area contributed by atoms with Crippen LogP contribution in [0.2, 0.25) is 0 Å². The minimum absolute atomic E-state index is 0.0943. The van der Waals surface area contributed by atoms with Gasteiger partial charge >= 0.3 is 6.09 Å². The van der Waals surface area contributed by atoms with Crippen LogP contribution >= 0.6 is 0 Å². The summed E-state index contributed by atoms with van der Waals surface area (Å²) in [6, 6.07) is 12.6. The first-order valence-electron chi connectivity index (χ1n) is 7.31. The number of hydrogen-bond donors (Lipinski definition) is 4. The molecule has 1 unspecified atom stereocenters. The highest BCUT2D eigenvalue weighted by Crippen LogP contribution is 2.26. The van der Waals surface area contributed by atoms with E-state index in [2.05, 4.69) is 16.0 Å². The van der Waals surface area contributed by atoms with Crippen LogP contribution in [-0.2, 0) is 16.0 Å². The highest BCUT2D eigenvalue weighted by molar-refractivity contribution is 6.01. The zero-order chi connectivity index (χ0) is 17.1. The molecule has 0 saturated heterocycles. The monoisotopic (exact) mass is 325 g/mol. The first kappa shape index (κ1) is 15.5. The van der Waals surface area contributed by atoms with Crippen LogP contribution in [0.4, 0.5) is 16.2 Å². The Balaban J connectivity index is 1.80. The van der Waals surface area contributed by atoms with Crippen molar-refractivity contribution in [1.29, 1.82) is 0 Å². The Kier molecular flexibility index (Phi) is 4.15. The Morgan fingerprint density at radius 1 is 1.12 bits per heavy atom. The molecule has 122 valence electrons. The number of carbonyl (C=O) groups is 3. The fourth-order valence-electron chi connectivity index (χ4n) is 2.59. The number of nitrogens with one attached hydrogen (secondary N) is 3. The van der Waals surface area contributed by atoms with E-state index in [1.807, 2.05) is 0 Å². The van der Waals surface area contributed by atoms with E-state index in [1.165, 1.54) is 0 Å². The van der Waals surface area contributed by atoms with Gasteiger partial charge in [0.1, 0.15) is 6.04 Å². The highest BCUT2D eigenvalue weighted by Gasteiger charge is 2.23. The van der Waals surface area contributed by atoms with Crippen molar-refractivity contribution in [3.63, 3.8) is 0 Å². The molecule has 1 atom stereocenters.